The molecule has 2 aromatic rings. The molecule has 1 N–H and O–H groups in total. The summed E-state index contributed by atoms with van der Waals surface area (Å²) in [5.74, 6) is 1.62. The van der Waals surface area contributed by atoms with Crippen LogP contribution in [0.3, 0.4) is 0 Å². The average Bonchev–Trinajstić information content (AvgIpc) is 2.67. The molecule has 2 aromatic heterocycles. The smallest absolute Gasteiger partial charge is 0.195 e. The van der Waals surface area contributed by atoms with Gasteiger partial charge in [0.1, 0.15) is 12.4 Å². The molecule has 13 heavy (non-hydrogen) atoms. The third kappa shape index (κ3) is 1.57. The van der Waals surface area contributed by atoms with Crippen molar-refractivity contribution in [3.05, 3.63) is 36.4 Å². The first-order valence-corrected chi connectivity index (χ1v) is 3.87. The summed E-state index contributed by atoms with van der Waals surface area (Å²) in [7, 11) is 0. The van der Waals surface area contributed by atoms with Gasteiger partial charge >= 0.3 is 0 Å². The average molecular weight is 176 g/mol. The zero-order chi connectivity index (χ0) is 9.10. The Labute approximate surface area is 74.9 Å². The Bertz CT molecular complexity index is 384. The number of nitrogens with zero attached hydrogens (tertiary/aromatic N) is 2. The molecular formula is C9H8N2O2. The predicted molar refractivity (Wildman–Crippen MR) is 45.7 cm³/mol. The van der Waals surface area contributed by atoms with Crippen molar-refractivity contribution in [2.75, 3.05) is 0 Å². The highest BCUT2D eigenvalue weighted by atomic mass is 16.4. The second kappa shape index (κ2) is 3.37. The van der Waals surface area contributed by atoms with Gasteiger partial charge in [0.15, 0.2) is 11.6 Å². The fourth-order valence-electron chi connectivity index (χ4n) is 1.01. The van der Waals surface area contributed by atoms with Gasteiger partial charge in [-0.3, -0.25) is 0 Å². The minimum Gasteiger partial charge on any atom is -0.455 e. The minimum atomic E-state index is -0.104. The Kier molecular flexibility index (Phi) is 2.06. The van der Waals surface area contributed by atoms with E-state index in [0.717, 1.165) is 0 Å². The summed E-state index contributed by atoms with van der Waals surface area (Å²) in [6, 6.07) is 5.17. The van der Waals surface area contributed by atoms with E-state index in [-0.39, 0.29) is 6.61 Å². The van der Waals surface area contributed by atoms with Crippen LogP contribution in [-0.4, -0.2) is 15.1 Å². The number of hydrogen-bond donors (Lipinski definition) is 1. The normalized spacial score (nSPS) is 10.2. The number of rotatable bonds is 2. The standard InChI is InChI=1S/C9H8N2O2/c12-6-7-2-3-8(13-7)9-10-4-1-5-11-9/h1-5,12H,6H2. The van der Waals surface area contributed by atoms with Gasteiger partial charge in [-0.2, -0.15) is 0 Å². The maximum absolute atomic E-state index is 8.76. The van der Waals surface area contributed by atoms with Crippen LogP contribution < -0.4 is 0 Å². The van der Waals surface area contributed by atoms with Crippen LogP contribution in [0.4, 0.5) is 0 Å². The number of hydrogen-bond acceptors (Lipinski definition) is 4. The molecule has 0 unspecified atom stereocenters. The number of aromatic nitrogens is 2. The van der Waals surface area contributed by atoms with Crippen molar-refractivity contribution < 1.29 is 9.52 Å². The van der Waals surface area contributed by atoms with E-state index in [0.29, 0.717) is 17.3 Å². The number of aliphatic hydroxyl groups excluding tert-OH is 1. The SMILES string of the molecule is OCc1ccc(-c2ncccn2)o1. The summed E-state index contributed by atoms with van der Waals surface area (Å²) in [5, 5.41) is 8.76. The fraction of sp³-hybridized carbons (Fsp3) is 0.111. The molecule has 0 bridgehead atoms. The van der Waals surface area contributed by atoms with Crippen LogP contribution in [0.5, 0.6) is 0 Å². The maximum atomic E-state index is 8.76. The molecule has 0 aliphatic carbocycles. The van der Waals surface area contributed by atoms with Crippen LogP contribution in [0.25, 0.3) is 11.6 Å². The Balaban J connectivity index is 2.36. The first kappa shape index (κ1) is 7.94. The molecule has 0 spiro atoms. The van der Waals surface area contributed by atoms with Crippen molar-refractivity contribution >= 4 is 0 Å². The molecule has 0 radical (unpaired) electrons. The van der Waals surface area contributed by atoms with Crippen molar-refractivity contribution in [3.8, 4) is 11.6 Å². The first-order valence-electron chi connectivity index (χ1n) is 3.87. The predicted octanol–water partition coefficient (Wildman–Crippen LogP) is 1.23. The monoisotopic (exact) mass is 176 g/mol. The minimum absolute atomic E-state index is 0.104. The second-order valence-electron chi connectivity index (χ2n) is 2.50. The summed E-state index contributed by atoms with van der Waals surface area (Å²) in [4.78, 5) is 8.02. The number of aliphatic hydroxyl groups is 1. The lowest BCUT2D eigenvalue weighted by Gasteiger charge is -1.92. The molecule has 4 nitrogen and oxygen atoms in total. The van der Waals surface area contributed by atoms with E-state index in [1.54, 1.807) is 30.6 Å². The molecule has 0 saturated heterocycles. The van der Waals surface area contributed by atoms with Gasteiger partial charge < -0.3 is 9.52 Å². The summed E-state index contributed by atoms with van der Waals surface area (Å²) in [6.07, 6.45) is 3.28. The van der Waals surface area contributed by atoms with E-state index in [2.05, 4.69) is 9.97 Å². The summed E-state index contributed by atoms with van der Waals surface area (Å²) in [6.45, 7) is -0.104. The lowest BCUT2D eigenvalue weighted by molar-refractivity contribution is 0.248. The van der Waals surface area contributed by atoms with E-state index in [4.69, 9.17) is 9.52 Å². The van der Waals surface area contributed by atoms with Crippen LogP contribution in [-0.2, 0) is 6.61 Å². The maximum Gasteiger partial charge on any atom is 0.195 e. The molecule has 0 aromatic carbocycles. The highest BCUT2D eigenvalue weighted by molar-refractivity contribution is 5.45. The molecule has 66 valence electrons. The lowest BCUT2D eigenvalue weighted by atomic mass is 10.4. The van der Waals surface area contributed by atoms with E-state index in [9.17, 15) is 0 Å². The summed E-state index contributed by atoms with van der Waals surface area (Å²) in [5.41, 5.74) is 0. The van der Waals surface area contributed by atoms with E-state index >= 15 is 0 Å². The topological polar surface area (TPSA) is 59.2 Å². The molecule has 0 fully saturated rings. The zero-order valence-electron chi connectivity index (χ0n) is 6.84. The quantitative estimate of drug-likeness (QED) is 0.747. The van der Waals surface area contributed by atoms with Crippen molar-refractivity contribution in [3.63, 3.8) is 0 Å². The Morgan fingerprint density at radius 1 is 1.23 bits per heavy atom. The highest BCUT2D eigenvalue weighted by Gasteiger charge is 2.04. The van der Waals surface area contributed by atoms with Gasteiger partial charge in [-0.25, -0.2) is 9.97 Å². The van der Waals surface area contributed by atoms with Crippen molar-refractivity contribution in [2.24, 2.45) is 0 Å². The van der Waals surface area contributed by atoms with Crippen molar-refractivity contribution in [1.29, 1.82) is 0 Å². The Hall–Kier alpha value is -1.68. The number of furan rings is 1. The van der Waals surface area contributed by atoms with Gasteiger partial charge in [-0.1, -0.05) is 0 Å². The molecule has 0 aliphatic heterocycles. The Morgan fingerprint density at radius 2 is 2.00 bits per heavy atom. The first-order chi connectivity index (χ1) is 6.40. The fourth-order valence-corrected chi connectivity index (χ4v) is 1.01. The second-order valence-corrected chi connectivity index (χ2v) is 2.50. The van der Waals surface area contributed by atoms with Crippen LogP contribution in [0.2, 0.25) is 0 Å². The Morgan fingerprint density at radius 3 is 2.62 bits per heavy atom. The largest absolute Gasteiger partial charge is 0.455 e. The van der Waals surface area contributed by atoms with Crippen LogP contribution in [0.15, 0.2) is 35.0 Å². The molecule has 2 heterocycles. The third-order valence-electron chi connectivity index (χ3n) is 1.60. The van der Waals surface area contributed by atoms with Gasteiger partial charge in [0, 0.05) is 12.4 Å². The van der Waals surface area contributed by atoms with Crippen LogP contribution in [0, 0.1) is 0 Å². The van der Waals surface area contributed by atoms with Gasteiger partial charge in [0.2, 0.25) is 0 Å². The third-order valence-corrected chi connectivity index (χ3v) is 1.60. The van der Waals surface area contributed by atoms with Crippen LogP contribution >= 0.6 is 0 Å². The highest BCUT2D eigenvalue weighted by Crippen LogP contribution is 2.17. The van der Waals surface area contributed by atoms with E-state index in [1.807, 2.05) is 0 Å². The van der Waals surface area contributed by atoms with Gasteiger partial charge in [0.25, 0.3) is 0 Å². The van der Waals surface area contributed by atoms with Gasteiger partial charge in [-0.05, 0) is 18.2 Å². The van der Waals surface area contributed by atoms with E-state index in [1.165, 1.54) is 0 Å². The lowest BCUT2D eigenvalue weighted by Crippen LogP contribution is -1.83. The van der Waals surface area contributed by atoms with Crippen LogP contribution in [0.1, 0.15) is 5.76 Å². The van der Waals surface area contributed by atoms with Gasteiger partial charge in [0.05, 0.1) is 0 Å². The molecule has 0 saturated carbocycles. The van der Waals surface area contributed by atoms with E-state index < -0.39 is 0 Å². The molecule has 0 amide bonds. The summed E-state index contributed by atoms with van der Waals surface area (Å²) < 4.78 is 5.24. The molecule has 4 heteroatoms. The molecular weight excluding hydrogens is 168 g/mol. The van der Waals surface area contributed by atoms with Crippen molar-refractivity contribution in [1.82, 2.24) is 9.97 Å². The van der Waals surface area contributed by atoms with Crippen molar-refractivity contribution in [2.45, 2.75) is 6.61 Å². The molecule has 0 atom stereocenters. The van der Waals surface area contributed by atoms with Gasteiger partial charge in [-0.15, -0.1) is 0 Å². The molecule has 2 rings (SSSR count). The summed E-state index contributed by atoms with van der Waals surface area (Å²) >= 11 is 0. The molecule has 0 aliphatic rings. The zero-order valence-corrected chi connectivity index (χ0v) is 6.84.